The molecule has 2 rings (SSSR count). The molecule has 0 aromatic heterocycles. The molecule has 100 valence electrons. The van der Waals surface area contributed by atoms with Crippen LogP contribution in [0.3, 0.4) is 0 Å². The number of ether oxygens (including phenoxy) is 1. The van der Waals surface area contributed by atoms with Crippen molar-refractivity contribution in [2.75, 3.05) is 19.0 Å². The quantitative estimate of drug-likeness (QED) is 0.879. The lowest BCUT2D eigenvalue weighted by Crippen LogP contribution is -2.35. The first-order chi connectivity index (χ1) is 8.29. The molecule has 1 heterocycles. The first-order valence-corrected chi connectivity index (χ1v) is 5.92. The molecule has 0 radical (unpaired) electrons. The molecule has 0 aliphatic carbocycles. The zero-order valence-corrected chi connectivity index (χ0v) is 11.3. The average molecular weight is 271 g/mol. The number of carbonyl (C=O) groups excluding carboxylic acids is 1. The summed E-state index contributed by atoms with van der Waals surface area (Å²) in [6.45, 7) is 1.49. The van der Waals surface area contributed by atoms with E-state index in [4.69, 9.17) is 4.74 Å². The third-order valence-corrected chi connectivity index (χ3v) is 2.88. The number of halogens is 1. The van der Waals surface area contributed by atoms with Crippen LogP contribution in [-0.2, 0) is 16.1 Å². The first-order valence-electron chi connectivity index (χ1n) is 5.92. The van der Waals surface area contributed by atoms with Crippen molar-refractivity contribution in [3.63, 3.8) is 0 Å². The maximum absolute atomic E-state index is 11.9. The predicted octanol–water partition coefficient (Wildman–Crippen LogP) is 1.95. The first kappa shape index (κ1) is 15.0. The minimum atomic E-state index is -0.0407. The molecular weight excluding hydrogens is 252 g/mol. The molecule has 1 saturated heterocycles. The van der Waals surface area contributed by atoms with E-state index in [2.05, 4.69) is 10.6 Å². The van der Waals surface area contributed by atoms with Crippen LogP contribution in [0.1, 0.15) is 18.4 Å². The summed E-state index contributed by atoms with van der Waals surface area (Å²) >= 11 is 0. The van der Waals surface area contributed by atoms with Gasteiger partial charge in [0.25, 0.3) is 0 Å². The van der Waals surface area contributed by atoms with E-state index in [1.54, 1.807) is 7.11 Å². The van der Waals surface area contributed by atoms with Crippen molar-refractivity contribution in [2.45, 2.75) is 25.5 Å². The van der Waals surface area contributed by atoms with E-state index in [1.807, 2.05) is 24.3 Å². The Morgan fingerprint density at radius 1 is 1.56 bits per heavy atom. The standard InChI is InChI=1S/C13H18N2O2.ClH/c1-17-9-10-4-2-5-11(8-10)15-13(16)12-6-3-7-14-12;/h2,4-5,8,12,14H,3,6-7,9H2,1H3,(H,15,16);1H/t12-;/m0./s1. The molecule has 1 atom stereocenters. The van der Waals surface area contributed by atoms with E-state index in [9.17, 15) is 4.79 Å². The van der Waals surface area contributed by atoms with Crippen LogP contribution < -0.4 is 10.6 Å². The number of hydrogen-bond acceptors (Lipinski definition) is 3. The Kier molecular flexibility index (Phi) is 6.12. The molecule has 1 aromatic rings. The number of carbonyl (C=O) groups is 1. The molecule has 0 unspecified atom stereocenters. The molecule has 2 N–H and O–H groups in total. The molecule has 1 amide bonds. The molecule has 1 aromatic carbocycles. The Labute approximate surface area is 114 Å². The molecule has 5 heteroatoms. The van der Waals surface area contributed by atoms with Crippen LogP contribution in [0.5, 0.6) is 0 Å². The zero-order chi connectivity index (χ0) is 12.1. The summed E-state index contributed by atoms with van der Waals surface area (Å²) in [5.74, 6) is 0.0528. The highest BCUT2D eigenvalue weighted by Crippen LogP contribution is 2.13. The maximum Gasteiger partial charge on any atom is 0.241 e. The van der Waals surface area contributed by atoms with Gasteiger partial charge in [-0.1, -0.05) is 12.1 Å². The van der Waals surface area contributed by atoms with E-state index in [0.29, 0.717) is 6.61 Å². The second-order valence-electron chi connectivity index (χ2n) is 4.27. The Balaban J connectivity index is 0.00000162. The number of nitrogens with one attached hydrogen (secondary N) is 2. The molecule has 0 spiro atoms. The third kappa shape index (κ3) is 3.98. The normalized spacial score (nSPS) is 18.2. The van der Waals surface area contributed by atoms with Crippen molar-refractivity contribution in [1.82, 2.24) is 5.32 Å². The largest absolute Gasteiger partial charge is 0.380 e. The summed E-state index contributed by atoms with van der Waals surface area (Å²) in [5, 5.41) is 6.11. The van der Waals surface area contributed by atoms with Crippen molar-refractivity contribution < 1.29 is 9.53 Å². The Morgan fingerprint density at radius 3 is 3.06 bits per heavy atom. The lowest BCUT2D eigenvalue weighted by molar-refractivity contribution is -0.117. The van der Waals surface area contributed by atoms with Gasteiger partial charge in [-0.3, -0.25) is 4.79 Å². The van der Waals surface area contributed by atoms with Crippen molar-refractivity contribution in [1.29, 1.82) is 0 Å². The van der Waals surface area contributed by atoms with E-state index < -0.39 is 0 Å². The van der Waals surface area contributed by atoms with Crippen molar-refractivity contribution in [3.8, 4) is 0 Å². The van der Waals surface area contributed by atoms with Gasteiger partial charge in [-0.05, 0) is 37.1 Å². The van der Waals surface area contributed by atoms with Crippen molar-refractivity contribution in [3.05, 3.63) is 29.8 Å². The van der Waals surface area contributed by atoms with Crippen LogP contribution in [0.25, 0.3) is 0 Å². The summed E-state index contributed by atoms with van der Waals surface area (Å²) in [4.78, 5) is 11.9. The highest BCUT2D eigenvalue weighted by Gasteiger charge is 2.21. The predicted molar refractivity (Wildman–Crippen MR) is 74.1 cm³/mol. The lowest BCUT2D eigenvalue weighted by atomic mass is 10.2. The van der Waals surface area contributed by atoms with Gasteiger partial charge in [0.1, 0.15) is 0 Å². The van der Waals surface area contributed by atoms with E-state index in [1.165, 1.54) is 0 Å². The van der Waals surface area contributed by atoms with Gasteiger partial charge >= 0.3 is 0 Å². The highest BCUT2D eigenvalue weighted by molar-refractivity contribution is 5.95. The van der Waals surface area contributed by atoms with Gasteiger partial charge in [-0.25, -0.2) is 0 Å². The van der Waals surface area contributed by atoms with Gasteiger partial charge in [0, 0.05) is 12.8 Å². The topological polar surface area (TPSA) is 50.4 Å². The van der Waals surface area contributed by atoms with Crippen molar-refractivity contribution in [2.24, 2.45) is 0 Å². The minimum absolute atomic E-state index is 0. The van der Waals surface area contributed by atoms with Gasteiger partial charge in [0.2, 0.25) is 5.91 Å². The second-order valence-corrected chi connectivity index (χ2v) is 4.27. The number of benzene rings is 1. The van der Waals surface area contributed by atoms with Crippen LogP contribution in [-0.4, -0.2) is 25.6 Å². The number of methoxy groups -OCH3 is 1. The van der Waals surface area contributed by atoms with Crippen LogP contribution in [0.15, 0.2) is 24.3 Å². The van der Waals surface area contributed by atoms with Gasteiger partial charge in [0.05, 0.1) is 12.6 Å². The highest BCUT2D eigenvalue weighted by atomic mass is 35.5. The van der Waals surface area contributed by atoms with E-state index >= 15 is 0 Å². The van der Waals surface area contributed by atoms with E-state index in [0.717, 1.165) is 30.6 Å². The van der Waals surface area contributed by atoms with Crippen LogP contribution in [0, 0.1) is 0 Å². The fraction of sp³-hybridized carbons (Fsp3) is 0.462. The smallest absolute Gasteiger partial charge is 0.241 e. The summed E-state index contributed by atoms with van der Waals surface area (Å²) in [6.07, 6.45) is 1.99. The number of amides is 1. The summed E-state index contributed by atoms with van der Waals surface area (Å²) in [5.41, 5.74) is 1.89. The van der Waals surface area contributed by atoms with Gasteiger partial charge < -0.3 is 15.4 Å². The SMILES string of the molecule is COCc1cccc(NC(=O)[C@@H]2CCCN2)c1.Cl. The average Bonchev–Trinajstić information content (AvgIpc) is 2.83. The number of hydrogen-bond donors (Lipinski definition) is 2. The van der Waals surface area contributed by atoms with E-state index in [-0.39, 0.29) is 24.4 Å². The van der Waals surface area contributed by atoms with Gasteiger partial charge in [0.15, 0.2) is 0 Å². The molecular formula is C13H19ClN2O2. The summed E-state index contributed by atoms with van der Waals surface area (Å²) < 4.78 is 5.06. The molecule has 1 aliphatic heterocycles. The van der Waals surface area contributed by atoms with Crippen LogP contribution in [0.4, 0.5) is 5.69 Å². The molecule has 0 bridgehead atoms. The third-order valence-electron chi connectivity index (χ3n) is 2.88. The molecule has 1 aliphatic rings. The molecule has 18 heavy (non-hydrogen) atoms. The Morgan fingerprint density at radius 2 is 2.39 bits per heavy atom. The Hall–Kier alpha value is -1.10. The Bertz CT molecular complexity index is 392. The fourth-order valence-electron chi connectivity index (χ4n) is 2.04. The minimum Gasteiger partial charge on any atom is -0.380 e. The zero-order valence-electron chi connectivity index (χ0n) is 10.4. The number of anilines is 1. The van der Waals surface area contributed by atoms with Gasteiger partial charge in [-0.15, -0.1) is 12.4 Å². The lowest BCUT2D eigenvalue weighted by Gasteiger charge is -2.11. The summed E-state index contributed by atoms with van der Waals surface area (Å²) in [6, 6.07) is 7.70. The monoisotopic (exact) mass is 270 g/mol. The maximum atomic E-state index is 11.9. The van der Waals surface area contributed by atoms with Crippen molar-refractivity contribution >= 4 is 24.0 Å². The summed E-state index contributed by atoms with van der Waals surface area (Å²) in [7, 11) is 1.66. The second kappa shape index (κ2) is 7.36. The molecule has 1 fully saturated rings. The molecule has 0 saturated carbocycles. The molecule has 4 nitrogen and oxygen atoms in total. The van der Waals surface area contributed by atoms with Crippen LogP contribution >= 0.6 is 12.4 Å². The fourth-order valence-corrected chi connectivity index (χ4v) is 2.04. The van der Waals surface area contributed by atoms with Gasteiger partial charge in [-0.2, -0.15) is 0 Å². The number of rotatable bonds is 4. The van der Waals surface area contributed by atoms with Crippen LogP contribution in [0.2, 0.25) is 0 Å².